The third kappa shape index (κ3) is 4.19. The first-order valence-electron chi connectivity index (χ1n) is 5.74. The van der Waals surface area contributed by atoms with E-state index in [1.165, 1.54) is 6.07 Å². The summed E-state index contributed by atoms with van der Waals surface area (Å²) in [6, 6.07) is 4.68. The van der Waals surface area contributed by atoms with E-state index >= 15 is 0 Å². The summed E-state index contributed by atoms with van der Waals surface area (Å²) in [4.78, 5) is 0.269. The minimum atomic E-state index is -3.44. The SMILES string of the molecule is CSCCC(C)NS(=O)(=O)c1ccc(N)c(C)c1. The fraction of sp³-hybridized carbons (Fsp3) is 0.500. The van der Waals surface area contributed by atoms with E-state index in [1.54, 1.807) is 30.8 Å². The Hall–Kier alpha value is -0.720. The van der Waals surface area contributed by atoms with Crippen molar-refractivity contribution < 1.29 is 8.42 Å². The second kappa shape index (κ2) is 6.45. The number of nitrogens with two attached hydrogens (primary N) is 1. The van der Waals surface area contributed by atoms with Gasteiger partial charge < -0.3 is 5.73 Å². The van der Waals surface area contributed by atoms with Crippen LogP contribution in [-0.4, -0.2) is 26.5 Å². The van der Waals surface area contributed by atoms with Crippen LogP contribution in [-0.2, 0) is 10.0 Å². The minimum Gasteiger partial charge on any atom is -0.399 e. The number of nitrogen functional groups attached to an aromatic ring is 1. The average Bonchev–Trinajstić information content (AvgIpc) is 2.29. The molecule has 18 heavy (non-hydrogen) atoms. The second-order valence-corrected chi connectivity index (χ2v) is 7.02. The van der Waals surface area contributed by atoms with E-state index in [2.05, 4.69) is 4.72 Å². The fourth-order valence-corrected chi connectivity index (χ4v) is 3.45. The van der Waals surface area contributed by atoms with Crippen LogP contribution in [0.4, 0.5) is 5.69 Å². The molecule has 6 heteroatoms. The Balaban J connectivity index is 2.83. The first-order valence-corrected chi connectivity index (χ1v) is 8.62. The van der Waals surface area contributed by atoms with Crippen LogP contribution in [0.15, 0.2) is 23.1 Å². The van der Waals surface area contributed by atoms with Crippen molar-refractivity contribution in [2.75, 3.05) is 17.7 Å². The highest BCUT2D eigenvalue weighted by Crippen LogP contribution is 2.17. The summed E-state index contributed by atoms with van der Waals surface area (Å²) < 4.78 is 26.9. The average molecular weight is 288 g/mol. The van der Waals surface area contributed by atoms with Crippen molar-refractivity contribution in [2.45, 2.75) is 31.2 Å². The largest absolute Gasteiger partial charge is 0.399 e. The fourth-order valence-electron chi connectivity index (χ4n) is 1.50. The molecule has 0 spiro atoms. The van der Waals surface area contributed by atoms with Gasteiger partial charge >= 0.3 is 0 Å². The van der Waals surface area contributed by atoms with Crippen LogP contribution in [0.5, 0.6) is 0 Å². The Morgan fingerprint density at radius 3 is 2.67 bits per heavy atom. The van der Waals surface area contributed by atoms with Crippen LogP contribution >= 0.6 is 11.8 Å². The third-order valence-corrected chi connectivity index (χ3v) is 4.89. The van der Waals surface area contributed by atoms with Gasteiger partial charge in [0, 0.05) is 11.7 Å². The van der Waals surface area contributed by atoms with E-state index < -0.39 is 10.0 Å². The van der Waals surface area contributed by atoms with Crippen LogP contribution in [0, 0.1) is 6.92 Å². The highest BCUT2D eigenvalue weighted by atomic mass is 32.2. The molecule has 0 saturated carbocycles. The zero-order chi connectivity index (χ0) is 13.8. The van der Waals surface area contributed by atoms with E-state index in [1.807, 2.05) is 13.2 Å². The lowest BCUT2D eigenvalue weighted by atomic mass is 10.2. The maximum absolute atomic E-state index is 12.1. The maximum atomic E-state index is 12.1. The number of benzene rings is 1. The molecule has 0 aliphatic heterocycles. The van der Waals surface area contributed by atoms with Crippen molar-refractivity contribution in [1.82, 2.24) is 4.72 Å². The van der Waals surface area contributed by atoms with Gasteiger partial charge in [0.2, 0.25) is 10.0 Å². The van der Waals surface area contributed by atoms with Gasteiger partial charge in [-0.2, -0.15) is 11.8 Å². The van der Waals surface area contributed by atoms with E-state index in [0.29, 0.717) is 5.69 Å². The number of nitrogens with one attached hydrogen (secondary N) is 1. The third-order valence-electron chi connectivity index (χ3n) is 2.66. The van der Waals surface area contributed by atoms with Crippen molar-refractivity contribution in [1.29, 1.82) is 0 Å². The van der Waals surface area contributed by atoms with E-state index in [9.17, 15) is 8.42 Å². The molecular weight excluding hydrogens is 268 g/mol. The molecule has 102 valence electrons. The van der Waals surface area contributed by atoms with Crippen LogP contribution in [0.1, 0.15) is 18.9 Å². The number of anilines is 1. The van der Waals surface area contributed by atoms with Crippen molar-refractivity contribution >= 4 is 27.5 Å². The van der Waals surface area contributed by atoms with Gasteiger partial charge in [-0.15, -0.1) is 0 Å². The number of rotatable bonds is 6. The summed E-state index contributed by atoms with van der Waals surface area (Å²) in [6.07, 6.45) is 2.82. The van der Waals surface area contributed by atoms with Gasteiger partial charge in [0.25, 0.3) is 0 Å². The lowest BCUT2D eigenvalue weighted by Crippen LogP contribution is -2.33. The topological polar surface area (TPSA) is 72.2 Å². The second-order valence-electron chi connectivity index (χ2n) is 4.32. The molecule has 4 nitrogen and oxygen atoms in total. The summed E-state index contributed by atoms with van der Waals surface area (Å²) in [6.45, 7) is 3.67. The number of thioether (sulfide) groups is 1. The molecular formula is C12H20N2O2S2. The molecule has 0 radical (unpaired) electrons. The molecule has 0 saturated heterocycles. The van der Waals surface area contributed by atoms with Crippen molar-refractivity contribution in [3.05, 3.63) is 23.8 Å². The molecule has 0 aromatic heterocycles. The van der Waals surface area contributed by atoms with Crippen molar-refractivity contribution in [3.63, 3.8) is 0 Å². The van der Waals surface area contributed by atoms with Crippen molar-refractivity contribution in [3.8, 4) is 0 Å². The van der Waals surface area contributed by atoms with Crippen LogP contribution in [0.2, 0.25) is 0 Å². The monoisotopic (exact) mass is 288 g/mol. The first kappa shape index (κ1) is 15.3. The van der Waals surface area contributed by atoms with Crippen LogP contribution in [0.3, 0.4) is 0 Å². The summed E-state index contributed by atoms with van der Waals surface area (Å²) in [5, 5.41) is 0. The molecule has 0 fully saturated rings. The zero-order valence-electron chi connectivity index (χ0n) is 10.9. The highest BCUT2D eigenvalue weighted by molar-refractivity contribution is 7.98. The minimum absolute atomic E-state index is 0.0692. The van der Waals surface area contributed by atoms with Gasteiger partial charge in [0.1, 0.15) is 0 Å². The zero-order valence-corrected chi connectivity index (χ0v) is 12.6. The predicted molar refractivity (Wildman–Crippen MR) is 78.4 cm³/mol. The van der Waals surface area contributed by atoms with Gasteiger partial charge in [-0.3, -0.25) is 0 Å². The molecule has 0 aliphatic rings. The molecule has 0 bridgehead atoms. The summed E-state index contributed by atoms with van der Waals surface area (Å²) >= 11 is 1.70. The summed E-state index contributed by atoms with van der Waals surface area (Å²) in [5.74, 6) is 0.935. The van der Waals surface area contributed by atoms with Gasteiger partial charge in [0.15, 0.2) is 0 Å². The normalized spacial score (nSPS) is 13.5. The molecule has 1 aromatic carbocycles. The Kier molecular flexibility index (Phi) is 5.49. The van der Waals surface area contributed by atoms with Crippen LogP contribution < -0.4 is 10.5 Å². The first-order chi connectivity index (χ1) is 8.36. The molecule has 1 unspecified atom stereocenters. The number of hydrogen-bond acceptors (Lipinski definition) is 4. The van der Waals surface area contributed by atoms with Gasteiger partial charge in [-0.25, -0.2) is 13.1 Å². The van der Waals surface area contributed by atoms with Gasteiger partial charge in [-0.1, -0.05) is 0 Å². The van der Waals surface area contributed by atoms with Crippen molar-refractivity contribution in [2.24, 2.45) is 0 Å². The number of aryl methyl sites for hydroxylation is 1. The Labute approximate surface area is 113 Å². The number of sulfonamides is 1. The van der Waals surface area contributed by atoms with Gasteiger partial charge in [0.05, 0.1) is 4.90 Å². The highest BCUT2D eigenvalue weighted by Gasteiger charge is 2.17. The van der Waals surface area contributed by atoms with Gasteiger partial charge in [-0.05, 0) is 56.0 Å². The maximum Gasteiger partial charge on any atom is 0.240 e. The van der Waals surface area contributed by atoms with E-state index in [4.69, 9.17) is 5.73 Å². The summed E-state index contributed by atoms with van der Waals surface area (Å²) in [7, 11) is -3.44. The molecule has 1 rings (SSSR count). The molecule has 0 amide bonds. The smallest absolute Gasteiger partial charge is 0.240 e. The molecule has 1 aromatic rings. The molecule has 1 atom stereocenters. The van der Waals surface area contributed by atoms with E-state index in [-0.39, 0.29) is 10.9 Å². The Bertz CT molecular complexity index is 501. The Morgan fingerprint density at radius 2 is 2.11 bits per heavy atom. The number of hydrogen-bond donors (Lipinski definition) is 2. The van der Waals surface area contributed by atoms with Crippen LogP contribution in [0.25, 0.3) is 0 Å². The Morgan fingerprint density at radius 1 is 1.44 bits per heavy atom. The van der Waals surface area contributed by atoms with E-state index in [0.717, 1.165) is 17.7 Å². The molecule has 0 aliphatic carbocycles. The molecule has 3 N–H and O–H groups in total. The lowest BCUT2D eigenvalue weighted by molar-refractivity contribution is 0.557. The molecule has 0 heterocycles. The summed E-state index contributed by atoms with van der Waals surface area (Å²) in [5.41, 5.74) is 7.06. The predicted octanol–water partition coefficient (Wildman–Crippen LogP) is 2.00. The quantitative estimate of drug-likeness (QED) is 0.785. The standard InChI is InChI=1S/C12H20N2O2S2/c1-9-8-11(4-5-12(9)13)18(15,16)14-10(2)6-7-17-3/h4-5,8,10,14H,6-7,13H2,1-3H3. The lowest BCUT2D eigenvalue weighted by Gasteiger charge is -2.14.